The second-order valence-corrected chi connectivity index (χ2v) is 12.3. The molecule has 0 saturated carbocycles. The van der Waals surface area contributed by atoms with Gasteiger partial charge in [-0.15, -0.1) is 0 Å². The molecule has 0 fully saturated rings. The Morgan fingerprint density at radius 2 is 1.73 bits per heavy atom. The molecule has 1 unspecified atom stereocenters. The van der Waals surface area contributed by atoms with E-state index in [1.54, 1.807) is 0 Å². The van der Waals surface area contributed by atoms with Gasteiger partial charge >= 0.3 is 0 Å². The lowest BCUT2D eigenvalue weighted by Crippen LogP contribution is -2.20. The molecule has 1 aromatic carbocycles. The van der Waals surface area contributed by atoms with Gasteiger partial charge in [0.2, 0.25) is 0 Å². The third kappa shape index (κ3) is 13.5. The molecule has 268 valence electrons. The van der Waals surface area contributed by atoms with E-state index in [9.17, 15) is 0 Å². The van der Waals surface area contributed by atoms with E-state index in [1.807, 2.05) is 44.5 Å². The van der Waals surface area contributed by atoms with Crippen LogP contribution in [0.4, 0.5) is 5.69 Å². The summed E-state index contributed by atoms with van der Waals surface area (Å²) in [7, 11) is 1.92. The molecule has 2 aliphatic rings. The summed E-state index contributed by atoms with van der Waals surface area (Å²) >= 11 is 0. The molecule has 3 nitrogen and oxygen atoms in total. The molecule has 0 saturated heterocycles. The number of nitrogens with zero attached hydrogens (tertiary/aromatic N) is 1. The normalized spacial score (nSPS) is 17.8. The molecule has 2 aliphatic carbocycles. The van der Waals surface area contributed by atoms with Gasteiger partial charge in [0, 0.05) is 42.6 Å². The average molecular weight is 688 g/mol. The van der Waals surface area contributed by atoms with Crippen LogP contribution in [0.2, 0.25) is 0 Å². The van der Waals surface area contributed by atoms with Crippen molar-refractivity contribution in [2.75, 3.05) is 18.9 Å². The first-order valence-electron chi connectivity index (χ1n) is 18.2. The number of allylic oxidation sites excluding steroid dienone is 26. The first kappa shape index (κ1) is 40.6. The van der Waals surface area contributed by atoms with Gasteiger partial charge in [0.05, 0.1) is 0 Å². The summed E-state index contributed by atoms with van der Waals surface area (Å²) in [5.41, 5.74) is 11.0. The van der Waals surface area contributed by atoms with Crippen LogP contribution in [-0.2, 0) is 0 Å². The summed E-state index contributed by atoms with van der Waals surface area (Å²) < 4.78 is 0. The van der Waals surface area contributed by atoms with E-state index in [0.717, 1.165) is 52.3 Å². The number of anilines is 1. The number of benzene rings is 1. The van der Waals surface area contributed by atoms with Gasteiger partial charge in [-0.2, -0.15) is 0 Å². The molecule has 0 heterocycles. The fraction of sp³-hybridized carbons (Fsp3) is 0.184. The molecule has 52 heavy (non-hydrogen) atoms. The summed E-state index contributed by atoms with van der Waals surface area (Å²) in [5.74, 6) is 0.378. The van der Waals surface area contributed by atoms with Crippen molar-refractivity contribution in [3.05, 3.63) is 229 Å². The fourth-order valence-corrected chi connectivity index (χ4v) is 5.59. The monoisotopic (exact) mass is 687 g/mol. The largest absolute Gasteiger partial charge is 0.388 e. The zero-order chi connectivity index (χ0) is 37.6. The van der Waals surface area contributed by atoms with Crippen LogP contribution in [0.1, 0.15) is 46.1 Å². The molecule has 0 aliphatic heterocycles. The zero-order valence-electron chi connectivity index (χ0n) is 31.9. The Balaban J connectivity index is 1.64. The highest BCUT2D eigenvalue weighted by molar-refractivity contribution is 5.74. The first-order chi connectivity index (χ1) is 25.3. The summed E-state index contributed by atoms with van der Waals surface area (Å²) in [5, 5.41) is 6.57. The summed E-state index contributed by atoms with van der Waals surface area (Å²) in [4.78, 5) is 2.20. The van der Waals surface area contributed by atoms with Crippen LogP contribution < -0.4 is 10.6 Å². The van der Waals surface area contributed by atoms with E-state index in [2.05, 4.69) is 190 Å². The van der Waals surface area contributed by atoms with Crippen molar-refractivity contribution in [3.63, 3.8) is 0 Å². The second kappa shape index (κ2) is 22.8. The predicted molar refractivity (Wildman–Crippen MR) is 231 cm³/mol. The maximum absolute atomic E-state index is 4.41. The quantitative estimate of drug-likeness (QED) is 0.142. The number of nitrogens with one attached hydrogen (secondary N) is 2. The van der Waals surface area contributed by atoms with Crippen molar-refractivity contribution in [3.8, 4) is 0 Å². The van der Waals surface area contributed by atoms with Gasteiger partial charge in [0.15, 0.2) is 0 Å². The molecular weight excluding hydrogens is 631 g/mol. The molecule has 1 aromatic rings. The lowest BCUT2D eigenvalue weighted by molar-refractivity contribution is 0.505. The van der Waals surface area contributed by atoms with Gasteiger partial charge in [-0.1, -0.05) is 149 Å². The predicted octanol–water partition coefficient (Wildman–Crippen LogP) is 12.7. The molecule has 0 amide bonds. The van der Waals surface area contributed by atoms with Crippen LogP contribution >= 0.6 is 0 Å². The van der Waals surface area contributed by atoms with Crippen molar-refractivity contribution in [2.45, 2.75) is 40.5 Å². The fourth-order valence-electron chi connectivity index (χ4n) is 5.59. The van der Waals surface area contributed by atoms with E-state index < -0.39 is 0 Å². The molecule has 1 atom stereocenters. The Labute approximate surface area is 314 Å². The lowest BCUT2D eigenvalue weighted by Gasteiger charge is -2.25. The van der Waals surface area contributed by atoms with Crippen molar-refractivity contribution in [2.24, 2.45) is 5.92 Å². The number of hydrogen-bond acceptors (Lipinski definition) is 3. The van der Waals surface area contributed by atoms with Gasteiger partial charge in [-0.05, 0) is 109 Å². The number of hydrogen-bond donors (Lipinski definition) is 2. The molecule has 0 aromatic heterocycles. The van der Waals surface area contributed by atoms with Gasteiger partial charge in [-0.25, -0.2) is 0 Å². The topological polar surface area (TPSA) is 27.3 Å². The Kier molecular flexibility index (Phi) is 17.8. The van der Waals surface area contributed by atoms with Gasteiger partial charge in [0.25, 0.3) is 0 Å². The number of rotatable bonds is 19. The molecule has 0 spiro atoms. The SMILES string of the molecule is C=C/C=C(\C=C/CC)N(C/C=C\C(=C/C)c1ccc(N/C=C/C=C\C2=CC(C)C=C2C(=C)/C=C\C(=C/C)NC)cc1)C(=C)/C=C\C=C1\C=CC=CC1. The minimum absolute atomic E-state index is 0.378. The van der Waals surface area contributed by atoms with Crippen LogP contribution in [0.5, 0.6) is 0 Å². The van der Waals surface area contributed by atoms with Crippen molar-refractivity contribution in [1.82, 2.24) is 10.2 Å². The minimum Gasteiger partial charge on any atom is -0.388 e. The van der Waals surface area contributed by atoms with Crippen LogP contribution in [0.15, 0.2) is 223 Å². The van der Waals surface area contributed by atoms with E-state index in [1.165, 1.54) is 16.7 Å². The Hall–Kier alpha value is -5.80. The summed E-state index contributed by atoms with van der Waals surface area (Å²) in [6, 6.07) is 8.51. The first-order valence-corrected chi connectivity index (χ1v) is 18.2. The van der Waals surface area contributed by atoms with Crippen LogP contribution in [-0.4, -0.2) is 18.5 Å². The smallest absolute Gasteiger partial charge is 0.0415 e. The molecule has 0 radical (unpaired) electrons. The molecular formula is C49H57N3. The van der Waals surface area contributed by atoms with Crippen molar-refractivity contribution < 1.29 is 0 Å². The van der Waals surface area contributed by atoms with E-state index in [4.69, 9.17) is 0 Å². The highest BCUT2D eigenvalue weighted by Gasteiger charge is 2.13. The zero-order valence-corrected chi connectivity index (χ0v) is 31.9. The van der Waals surface area contributed by atoms with Gasteiger partial charge in [0.1, 0.15) is 0 Å². The lowest BCUT2D eigenvalue weighted by atomic mass is 10.0. The van der Waals surface area contributed by atoms with Crippen LogP contribution in [0, 0.1) is 5.92 Å². The third-order valence-corrected chi connectivity index (χ3v) is 8.42. The van der Waals surface area contributed by atoms with E-state index in [0.29, 0.717) is 12.5 Å². The maximum Gasteiger partial charge on any atom is 0.0415 e. The highest BCUT2D eigenvalue weighted by atomic mass is 15.1. The summed E-state index contributed by atoms with van der Waals surface area (Å²) in [6.07, 6.45) is 50.2. The molecule has 2 N–H and O–H groups in total. The average Bonchev–Trinajstić information content (AvgIpc) is 3.54. The Bertz CT molecular complexity index is 1830. The highest BCUT2D eigenvalue weighted by Crippen LogP contribution is 2.30. The second-order valence-electron chi connectivity index (χ2n) is 12.3. The molecule has 3 rings (SSSR count). The maximum atomic E-state index is 4.41. The minimum atomic E-state index is 0.378. The Morgan fingerprint density at radius 3 is 2.40 bits per heavy atom. The molecule has 0 bridgehead atoms. The van der Waals surface area contributed by atoms with Crippen molar-refractivity contribution in [1.29, 1.82) is 0 Å². The number of likely N-dealkylation sites (N-methyl/N-ethyl adjacent to an activating group) is 1. The third-order valence-electron chi connectivity index (χ3n) is 8.42. The Morgan fingerprint density at radius 1 is 0.923 bits per heavy atom. The molecule has 3 heteroatoms. The van der Waals surface area contributed by atoms with Gasteiger partial charge in [-0.3, -0.25) is 0 Å². The standard InChI is InChI=1S/C49H57N3/c1-9-13-28-48(21-10-2)52(41(7)22-19-25-42-23-15-14-16-24-42)36-20-27-43(11-3)44-30-33-47(34-31-44)51-35-18-17-26-45-37-39(5)38-49(45)40(6)29-32-46(12-4)50-8/h10-23,25-35,37-39,50-51H,2,6-7,9,24,36H2,1,3-5,8H3/b22-19-,26-17-,27-20-,28-13-,32-29-,35-18+,42-25-,43-11+,46-12+,48-21+. The van der Waals surface area contributed by atoms with Crippen LogP contribution in [0.3, 0.4) is 0 Å². The van der Waals surface area contributed by atoms with E-state index >= 15 is 0 Å². The van der Waals surface area contributed by atoms with Crippen LogP contribution in [0.25, 0.3) is 5.57 Å². The summed E-state index contributed by atoms with van der Waals surface area (Å²) in [6.45, 7) is 21.8. The van der Waals surface area contributed by atoms with Gasteiger partial charge < -0.3 is 15.5 Å². The van der Waals surface area contributed by atoms with E-state index in [-0.39, 0.29) is 0 Å². The van der Waals surface area contributed by atoms with Crippen molar-refractivity contribution >= 4 is 11.3 Å².